The molecule has 0 radical (unpaired) electrons. The van der Waals surface area contributed by atoms with Gasteiger partial charge in [-0.05, 0) is 37.7 Å². The average Bonchev–Trinajstić information content (AvgIpc) is 3.32. The molecule has 1 saturated heterocycles. The number of ether oxygens (including phenoxy) is 2. The fourth-order valence-corrected chi connectivity index (χ4v) is 6.56. The van der Waals surface area contributed by atoms with Crippen molar-refractivity contribution in [1.82, 2.24) is 14.1 Å². The molecular weight excluding hydrogens is 518 g/mol. The standard InChI is InChI=1S/C28H43N5O5S/c1-20(37-2)19-38-25(22-12-7-4-8-13-22)23-14-9-15-33(18-23)27-26(31-39(36)32-27)30-24(17-29-28(34)35)16-21-10-5-3-6-11-21/h4,7-8,12-13,20-21,23-25,29H,3,5-6,9-11,14-19H2,1-2H3,(H,30,31)(H,34,35)/t20?,23?,24-,25?,39?/m1/s1. The first-order valence-electron chi connectivity index (χ1n) is 14.2. The van der Waals surface area contributed by atoms with Gasteiger partial charge in [0.15, 0.2) is 11.1 Å². The maximum absolute atomic E-state index is 12.5. The molecular formula is C28H43N5O5S. The first-order chi connectivity index (χ1) is 18.9. The third-order valence-corrected chi connectivity index (χ3v) is 8.63. The molecule has 1 amide bonds. The van der Waals surface area contributed by atoms with Crippen LogP contribution in [0, 0.1) is 11.8 Å². The highest BCUT2D eigenvalue weighted by Crippen LogP contribution is 2.34. The molecule has 39 heavy (non-hydrogen) atoms. The molecule has 216 valence electrons. The van der Waals surface area contributed by atoms with E-state index >= 15 is 0 Å². The fourth-order valence-electron chi connectivity index (χ4n) is 5.85. The van der Waals surface area contributed by atoms with Crippen molar-refractivity contribution in [3.05, 3.63) is 41.4 Å². The summed E-state index contributed by atoms with van der Waals surface area (Å²) in [6, 6.07) is 10.0. The van der Waals surface area contributed by atoms with Crippen LogP contribution in [0.15, 0.2) is 35.3 Å². The van der Waals surface area contributed by atoms with E-state index in [-0.39, 0.29) is 30.7 Å². The van der Waals surface area contributed by atoms with Gasteiger partial charge in [0.1, 0.15) is 0 Å². The molecule has 4 rings (SSSR count). The van der Waals surface area contributed by atoms with Gasteiger partial charge in [0.05, 0.1) is 24.9 Å². The van der Waals surface area contributed by atoms with Gasteiger partial charge < -0.3 is 29.3 Å². The third-order valence-electron chi connectivity index (χ3n) is 7.92. The molecule has 2 heterocycles. The lowest BCUT2D eigenvalue weighted by Gasteiger charge is -2.37. The van der Waals surface area contributed by atoms with Gasteiger partial charge in [-0.15, -0.1) is 4.37 Å². The topological polar surface area (TPSA) is 135 Å². The SMILES string of the molecule is COC(C)COC(c1ccccc1)C1CCCN(c2n[s+]([O-])[nH]c2=N[C@@H](CNC(=O)O)CC2CCCCC2)C1. The van der Waals surface area contributed by atoms with Crippen molar-refractivity contribution in [2.75, 3.05) is 38.3 Å². The van der Waals surface area contributed by atoms with Gasteiger partial charge in [0.25, 0.3) is 0 Å². The van der Waals surface area contributed by atoms with Crippen molar-refractivity contribution in [3.63, 3.8) is 0 Å². The minimum absolute atomic E-state index is 0.0130. The van der Waals surface area contributed by atoms with E-state index < -0.39 is 17.2 Å². The van der Waals surface area contributed by atoms with Crippen LogP contribution in [0.4, 0.5) is 10.6 Å². The van der Waals surface area contributed by atoms with Gasteiger partial charge in [-0.3, -0.25) is 4.99 Å². The largest absolute Gasteiger partial charge is 0.548 e. The van der Waals surface area contributed by atoms with Crippen LogP contribution in [0.1, 0.15) is 70.0 Å². The van der Waals surface area contributed by atoms with Gasteiger partial charge in [0, 0.05) is 37.0 Å². The smallest absolute Gasteiger partial charge is 0.404 e. The molecule has 0 spiro atoms. The number of amides is 1. The second-order valence-electron chi connectivity index (χ2n) is 10.9. The molecule has 2 aliphatic rings. The zero-order valence-corrected chi connectivity index (χ0v) is 23.9. The lowest BCUT2D eigenvalue weighted by molar-refractivity contribution is -0.0461. The van der Waals surface area contributed by atoms with E-state index in [2.05, 4.69) is 31.1 Å². The number of nitrogens with one attached hydrogen (secondary N) is 2. The molecule has 1 aromatic heterocycles. The predicted molar refractivity (Wildman–Crippen MR) is 150 cm³/mol. The van der Waals surface area contributed by atoms with E-state index in [1.54, 1.807) is 7.11 Å². The van der Waals surface area contributed by atoms with Crippen molar-refractivity contribution in [3.8, 4) is 0 Å². The summed E-state index contributed by atoms with van der Waals surface area (Å²) in [4.78, 5) is 18.3. The normalized spacial score (nSPS) is 21.9. The second-order valence-corrected chi connectivity index (χ2v) is 11.8. The molecule has 1 aliphatic carbocycles. The molecule has 3 N–H and O–H groups in total. The van der Waals surface area contributed by atoms with Crippen molar-refractivity contribution >= 4 is 23.1 Å². The van der Waals surface area contributed by atoms with Crippen LogP contribution in [0.2, 0.25) is 0 Å². The number of H-pyrrole nitrogens is 1. The van der Waals surface area contributed by atoms with Crippen LogP contribution in [-0.2, 0) is 9.47 Å². The number of anilines is 1. The zero-order chi connectivity index (χ0) is 27.6. The zero-order valence-electron chi connectivity index (χ0n) is 23.1. The number of methoxy groups -OCH3 is 1. The maximum Gasteiger partial charge on any atom is 0.404 e. The summed E-state index contributed by atoms with van der Waals surface area (Å²) in [6.45, 7) is 4.18. The van der Waals surface area contributed by atoms with Crippen LogP contribution < -0.4 is 15.7 Å². The number of nitrogens with zero attached hydrogens (tertiary/aromatic N) is 3. The van der Waals surface area contributed by atoms with Crippen LogP contribution >= 0.6 is 11.1 Å². The summed E-state index contributed by atoms with van der Waals surface area (Å²) in [5.74, 6) is 1.32. The Bertz CT molecular complexity index is 1090. The monoisotopic (exact) mass is 561 g/mol. The molecule has 4 unspecified atom stereocenters. The van der Waals surface area contributed by atoms with E-state index in [0.29, 0.717) is 30.4 Å². The quantitative estimate of drug-likeness (QED) is 0.321. The molecule has 1 aromatic carbocycles. The number of carbonyl (C=O) groups is 1. The summed E-state index contributed by atoms with van der Waals surface area (Å²) in [5, 5.41) is 11.7. The lowest BCUT2D eigenvalue weighted by atomic mass is 9.85. The molecule has 1 saturated carbocycles. The Balaban J connectivity index is 1.56. The molecule has 1 aliphatic heterocycles. The summed E-state index contributed by atoms with van der Waals surface area (Å²) in [5.41, 5.74) is 1.62. The number of hydrogen-bond donors (Lipinski definition) is 3. The fraction of sp³-hybridized carbons (Fsp3) is 0.679. The van der Waals surface area contributed by atoms with Gasteiger partial charge in [-0.25, -0.2) is 4.79 Å². The van der Waals surface area contributed by atoms with E-state index in [4.69, 9.17) is 14.5 Å². The molecule has 5 atom stereocenters. The number of hydrogen-bond acceptors (Lipinski definition) is 7. The molecule has 10 nitrogen and oxygen atoms in total. The summed E-state index contributed by atoms with van der Waals surface area (Å²) >= 11 is -1.61. The van der Waals surface area contributed by atoms with E-state index in [9.17, 15) is 14.5 Å². The highest BCUT2D eigenvalue weighted by molar-refractivity contribution is 7.13. The number of carboxylic acid groups (broad SMARTS) is 1. The summed E-state index contributed by atoms with van der Waals surface area (Å²) in [7, 11) is 1.69. The number of aromatic nitrogens is 2. The molecule has 0 bridgehead atoms. The first kappa shape index (κ1) is 29.5. The van der Waals surface area contributed by atoms with Crippen molar-refractivity contribution in [2.45, 2.75) is 76.5 Å². The van der Waals surface area contributed by atoms with Crippen LogP contribution in [0.25, 0.3) is 0 Å². The van der Waals surface area contributed by atoms with Crippen LogP contribution in [0.5, 0.6) is 0 Å². The summed E-state index contributed by atoms with van der Waals surface area (Å²) < 4.78 is 31.7. The Morgan fingerprint density at radius 1 is 1.26 bits per heavy atom. The van der Waals surface area contributed by atoms with Crippen molar-refractivity contribution in [2.24, 2.45) is 16.8 Å². The number of rotatable bonds is 12. The predicted octanol–water partition coefficient (Wildman–Crippen LogP) is 4.65. The van der Waals surface area contributed by atoms with E-state index in [1.807, 2.05) is 25.1 Å². The van der Waals surface area contributed by atoms with Gasteiger partial charge in [-0.2, -0.15) is 0 Å². The Labute approximate surface area is 233 Å². The van der Waals surface area contributed by atoms with E-state index in [0.717, 1.165) is 44.2 Å². The first-order valence-corrected chi connectivity index (χ1v) is 15.3. The Kier molecular flexibility index (Phi) is 11.2. The average molecular weight is 562 g/mol. The Hall–Kier alpha value is -2.47. The van der Waals surface area contributed by atoms with Crippen molar-refractivity contribution < 1.29 is 23.9 Å². The van der Waals surface area contributed by atoms with Crippen LogP contribution in [-0.4, -0.2) is 70.0 Å². The molecule has 11 heteroatoms. The maximum atomic E-state index is 12.5. The van der Waals surface area contributed by atoms with Gasteiger partial charge >= 0.3 is 6.09 Å². The minimum Gasteiger partial charge on any atom is -0.548 e. The number of benzene rings is 1. The van der Waals surface area contributed by atoms with Crippen molar-refractivity contribution in [1.29, 1.82) is 0 Å². The Morgan fingerprint density at radius 2 is 2.03 bits per heavy atom. The van der Waals surface area contributed by atoms with Gasteiger partial charge in [-0.1, -0.05) is 62.4 Å². The van der Waals surface area contributed by atoms with Crippen LogP contribution in [0.3, 0.4) is 0 Å². The minimum atomic E-state index is -1.61. The number of aromatic amines is 1. The third kappa shape index (κ3) is 8.76. The highest BCUT2D eigenvalue weighted by atomic mass is 32.2. The second kappa shape index (κ2) is 14.8. The number of piperidine rings is 1. The molecule has 2 fully saturated rings. The summed E-state index contributed by atoms with van der Waals surface area (Å²) in [6.07, 6.45) is 7.53. The molecule has 2 aromatic rings. The lowest BCUT2D eigenvalue weighted by Crippen LogP contribution is -2.41. The highest BCUT2D eigenvalue weighted by Gasteiger charge is 2.32. The Morgan fingerprint density at radius 3 is 2.74 bits per heavy atom. The van der Waals surface area contributed by atoms with E-state index in [1.165, 1.54) is 19.3 Å². The van der Waals surface area contributed by atoms with Gasteiger partial charge in [0.2, 0.25) is 11.3 Å².